The minimum atomic E-state index is -2.63. The molecule has 1 rings (SSSR count). The zero-order valence-electron chi connectivity index (χ0n) is 4.75. The van der Waals surface area contributed by atoms with Gasteiger partial charge in [-0.05, 0) is 6.92 Å². The van der Waals surface area contributed by atoms with Crippen LogP contribution >= 0.6 is 0 Å². The van der Waals surface area contributed by atoms with Gasteiger partial charge < -0.3 is 0 Å². The molecule has 0 unspecified atom stereocenters. The fourth-order valence-electron chi connectivity index (χ4n) is 0.450. The lowest BCUT2D eigenvalue weighted by Gasteiger charge is -1.91. The monoisotopic (exact) mass is 133 g/mol. The van der Waals surface area contributed by atoms with E-state index in [1.165, 1.54) is 6.20 Å². The third-order valence-electron chi connectivity index (χ3n) is 0.798. The molecule has 0 N–H and O–H groups in total. The number of nitrogens with zero attached hydrogens (tertiary/aromatic N) is 3. The third kappa shape index (κ3) is 1.22. The molecule has 1 aromatic heterocycles. The van der Waals surface area contributed by atoms with Gasteiger partial charge in [-0.15, -0.1) is 4.80 Å². The van der Waals surface area contributed by atoms with Crippen LogP contribution in [0.3, 0.4) is 0 Å². The molecule has 0 bridgehead atoms. The molecule has 9 heavy (non-hydrogen) atoms. The van der Waals surface area contributed by atoms with Gasteiger partial charge in [-0.25, -0.2) is 0 Å². The molecule has 50 valence electrons. The van der Waals surface area contributed by atoms with Crippen molar-refractivity contribution in [2.24, 2.45) is 0 Å². The normalized spacial score (nSPS) is 10.7. The first-order valence-corrected chi connectivity index (χ1v) is 2.37. The first-order valence-electron chi connectivity index (χ1n) is 2.37. The molecule has 0 fully saturated rings. The van der Waals surface area contributed by atoms with Crippen molar-refractivity contribution in [2.75, 3.05) is 0 Å². The maximum Gasteiger partial charge on any atom is 0.348 e. The Labute approximate surface area is 50.3 Å². The van der Waals surface area contributed by atoms with Crippen molar-refractivity contribution < 1.29 is 8.78 Å². The van der Waals surface area contributed by atoms with Gasteiger partial charge in [0.05, 0.1) is 11.9 Å². The first kappa shape index (κ1) is 6.12. The number of aryl methyl sites for hydroxylation is 1. The Bertz CT molecular complexity index is 195. The average Bonchev–Trinajstić information content (AvgIpc) is 2.14. The number of rotatable bonds is 1. The van der Waals surface area contributed by atoms with Gasteiger partial charge in [0.1, 0.15) is 0 Å². The lowest BCUT2D eigenvalue weighted by atomic mass is 10.6. The molecule has 0 atom stereocenters. The topological polar surface area (TPSA) is 30.7 Å². The quantitative estimate of drug-likeness (QED) is 0.571. The molecule has 0 amide bonds. The minimum absolute atomic E-state index is 0.370. The summed E-state index contributed by atoms with van der Waals surface area (Å²) in [5.41, 5.74) is 0.496. The van der Waals surface area contributed by atoms with E-state index in [4.69, 9.17) is 0 Å². The van der Waals surface area contributed by atoms with E-state index in [2.05, 4.69) is 10.2 Å². The van der Waals surface area contributed by atoms with E-state index in [1.54, 1.807) is 6.92 Å². The van der Waals surface area contributed by atoms with Crippen molar-refractivity contribution >= 4 is 0 Å². The molecule has 3 nitrogen and oxygen atoms in total. The van der Waals surface area contributed by atoms with Crippen molar-refractivity contribution in [1.82, 2.24) is 15.0 Å². The van der Waals surface area contributed by atoms with Gasteiger partial charge in [0.25, 0.3) is 0 Å². The molecule has 0 radical (unpaired) electrons. The second-order valence-electron chi connectivity index (χ2n) is 1.58. The van der Waals surface area contributed by atoms with E-state index in [0.29, 0.717) is 10.5 Å². The Morgan fingerprint density at radius 3 is 2.56 bits per heavy atom. The summed E-state index contributed by atoms with van der Waals surface area (Å²) in [5, 5.41) is 6.64. The maximum absolute atomic E-state index is 11.6. The number of aromatic nitrogens is 3. The number of hydrogen-bond donors (Lipinski definition) is 0. The highest BCUT2D eigenvalue weighted by atomic mass is 19.3. The predicted molar refractivity (Wildman–Crippen MR) is 26.0 cm³/mol. The molecule has 0 saturated heterocycles. The van der Waals surface area contributed by atoms with Crippen molar-refractivity contribution in [3.05, 3.63) is 11.9 Å². The van der Waals surface area contributed by atoms with E-state index >= 15 is 0 Å². The van der Waals surface area contributed by atoms with Crippen LogP contribution in [0.1, 0.15) is 12.2 Å². The Morgan fingerprint density at radius 2 is 2.33 bits per heavy atom. The van der Waals surface area contributed by atoms with Gasteiger partial charge in [0.15, 0.2) is 0 Å². The molecule has 0 aliphatic heterocycles. The van der Waals surface area contributed by atoms with Crippen LogP contribution < -0.4 is 0 Å². The maximum atomic E-state index is 11.6. The SMILES string of the molecule is Cc1cnn(C(F)F)n1. The first-order chi connectivity index (χ1) is 4.20. The molecule has 0 aliphatic carbocycles. The summed E-state index contributed by atoms with van der Waals surface area (Å²) in [4.78, 5) is 0.370. The summed E-state index contributed by atoms with van der Waals surface area (Å²) in [6.45, 7) is -1.02. The van der Waals surface area contributed by atoms with Crippen LogP contribution in [0.5, 0.6) is 0 Å². The van der Waals surface area contributed by atoms with Crippen LogP contribution in [-0.4, -0.2) is 15.0 Å². The second kappa shape index (κ2) is 2.08. The van der Waals surface area contributed by atoms with Gasteiger partial charge in [-0.1, -0.05) is 0 Å². The number of hydrogen-bond acceptors (Lipinski definition) is 2. The minimum Gasteiger partial charge on any atom is -0.182 e. The summed E-state index contributed by atoms with van der Waals surface area (Å²) in [5.74, 6) is 0. The largest absolute Gasteiger partial charge is 0.348 e. The highest BCUT2D eigenvalue weighted by Gasteiger charge is 2.05. The van der Waals surface area contributed by atoms with Crippen molar-refractivity contribution in [1.29, 1.82) is 0 Å². The van der Waals surface area contributed by atoms with Gasteiger partial charge in [-0.2, -0.15) is 19.0 Å². The molecule has 5 heteroatoms. The molecular weight excluding hydrogens is 128 g/mol. The van der Waals surface area contributed by atoms with E-state index in [1.807, 2.05) is 0 Å². The van der Waals surface area contributed by atoms with Gasteiger partial charge in [0, 0.05) is 0 Å². The highest BCUT2D eigenvalue weighted by Crippen LogP contribution is 2.04. The lowest BCUT2D eigenvalue weighted by Crippen LogP contribution is -2.01. The van der Waals surface area contributed by atoms with Gasteiger partial charge in [0.2, 0.25) is 0 Å². The van der Waals surface area contributed by atoms with Crippen LogP contribution in [-0.2, 0) is 0 Å². The van der Waals surface area contributed by atoms with Crippen molar-refractivity contribution in [3.63, 3.8) is 0 Å². The summed E-state index contributed by atoms with van der Waals surface area (Å²) in [7, 11) is 0. The summed E-state index contributed by atoms with van der Waals surface area (Å²) < 4.78 is 23.2. The Kier molecular flexibility index (Phi) is 1.42. The summed E-state index contributed by atoms with van der Waals surface area (Å²) in [6.07, 6.45) is 1.28. The lowest BCUT2D eigenvalue weighted by molar-refractivity contribution is 0.0411. The van der Waals surface area contributed by atoms with Crippen LogP contribution in [0.25, 0.3) is 0 Å². The molecule has 0 saturated carbocycles. The number of alkyl halides is 2. The summed E-state index contributed by atoms with van der Waals surface area (Å²) in [6, 6.07) is 0. The fraction of sp³-hybridized carbons (Fsp3) is 0.500. The van der Waals surface area contributed by atoms with Crippen molar-refractivity contribution in [3.8, 4) is 0 Å². The van der Waals surface area contributed by atoms with Gasteiger partial charge in [-0.3, -0.25) is 0 Å². The summed E-state index contributed by atoms with van der Waals surface area (Å²) >= 11 is 0. The van der Waals surface area contributed by atoms with Crippen LogP contribution in [0, 0.1) is 6.92 Å². The van der Waals surface area contributed by atoms with Crippen LogP contribution in [0.15, 0.2) is 6.20 Å². The highest BCUT2D eigenvalue weighted by molar-refractivity contribution is 4.84. The average molecular weight is 133 g/mol. The van der Waals surface area contributed by atoms with E-state index in [9.17, 15) is 8.78 Å². The Hall–Kier alpha value is -1.00. The van der Waals surface area contributed by atoms with Crippen molar-refractivity contribution in [2.45, 2.75) is 13.5 Å². The molecule has 0 spiro atoms. The Balaban J connectivity index is 2.85. The van der Waals surface area contributed by atoms with Crippen LogP contribution in [0.4, 0.5) is 8.78 Å². The molecule has 1 aromatic rings. The third-order valence-corrected chi connectivity index (χ3v) is 0.798. The standard InChI is InChI=1S/C4H5F2N3/c1-3-2-7-9(8-3)4(5)6/h2,4H,1H3. The van der Waals surface area contributed by atoms with Gasteiger partial charge >= 0.3 is 6.55 Å². The molecule has 0 aliphatic rings. The van der Waals surface area contributed by atoms with E-state index in [-0.39, 0.29) is 0 Å². The molecular formula is C4H5F2N3. The van der Waals surface area contributed by atoms with E-state index in [0.717, 1.165) is 0 Å². The molecule has 0 aromatic carbocycles. The predicted octanol–water partition coefficient (Wildman–Crippen LogP) is 0.982. The Morgan fingerprint density at radius 1 is 1.67 bits per heavy atom. The zero-order valence-corrected chi connectivity index (χ0v) is 4.75. The van der Waals surface area contributed by atoms with E-state index < -0.39 is 6.55 Å². The number of halogens is 2. The fourth-order valence-corrected chi connectivity index (χ4v) is 0.450. The molecule has 1 heterocycles. The smallest absolute Gasteiger partial charge is 0.182 e. The zero-order chi connectivity index (χ0) is 6.85. The van der Waals surface area contributed by atoms with Crippen LogP contribution in [0.2, 0.25) is 0 Å². The second-order valence-corrected chi connectivity index (χ2v) is 1.58.